The van der Waals surface area contributed by atoms with E-state index in [9.17, 15) is 5.11 Å². The van der Waals surface area contributed by atoms with Crippen LogP contribution in [0.4, 0.5) is 0 Å². The Morgan fingerprint density at radius 1 is 0.775 bits per heavy atom. The van der Waals surface area contributed by atoms with Gasteiger partial charge < -0.3 is 14.7 Å². The van der Waals surface area contributed by atoms with Crippen LogP contribution in [0.2, 0.25) is 0 Å². The Kier molecular flexibility index (Phi) is 15.1. The fourth-order valence-electron chi connectivity index (χ4n) is 5.48. The zero-order valence-electron chi connectivity index (χ0n) is 27.1. The number of hydrogen-bond donors (Lipinski definition) is 1. The molecule has 0 amide bonds. The average Bonchev–Trinajstić information content (AvgIpc) is 2.89. The molecule has 1 aromatic rings. The minimum Gasteiger partial charge on any atom is -0.507 e. The van der Waals surface area contributed by atoms with Crippen molar-refractivity contribution in [3.8, 4) is 11.5 Å². The minimum absolute atomic E-state index is 0.0438. The maximum absolute atomic E-state index is 11.1. The Bertz CT molecular complexity index is 860. The molecule has 2 rings (SSSR count). The van der Waals surface area contributed by atoms with Crippen molar-refractivity contribution in [3.63, 3.8) is 0 Å². The third-order valence-electron chi connectivity index (χ3n) is 7.96. The maximum Gasteiger partial charge on any atom is 0.123 e. The fourth-order valence-corrected chi connectivity index (χ4v) is 5.48. The smallest absolute Gasteiger partial charge is 0.123 e. The van der Waals surface area contributed by atoms with Crippen LogP contribution < -0.4 is 4.74 Å². The van der Waals surface area contributed by atoms with E-state index in [2.05, 4.69) is 63.4 Å². The Morgan fingerprint density at radius 2 is 1.25 bits per heavy atom. The molecule has 0 spiro atoms. The quantitative estimate of drug-likeness (QED) is 0.173. The van der Waals surface area contributed by atoms with Crippen LogP contribution in [-0.2, 0) is 10.8 Å². The molecule has 0 saturated heterocycles. The van der Waals surface area contributed by atoms with Crippen LogP contribution in [0.3, 0.4) is 0 Å². The zero-order chi connectivity index (χ0) is 29.4. The molecule has 1 aromatic carbocycles. The largest absolute Gasteiger partial charge is 0.507 e. The molecule has 0 saturated carbocycles. The van der Waals surface area contributed by atoms with Gasteiger partial charge in [0.05, 0.1) is 12.9 Å². The summed E-state index contributed by atoms with van der Waals surface area (Å²) >= 11 is 0. The summed E-state index contributed by atoms with van der Waals surface area (Å²) in [6.45, 7) is 16.5. The highest BCUT2D eigenvalue weighted by atomic mass is 16.5. The second kappa shape index (κ2) is 17.7. The lowest BCUT2D eigenvalue weighted by Crippen LogP contribution is -2.36. The summed E-state index contributed by atoms with van der Waals surface area (Å²) in [5.41, 5.74) is 1.52. The van der Waals surface area contributed by atoms with Crippen molar-refractivity contribution in [2.45, 2.75) is 162 Å². The number of aliphatic imine (C=N–C) groups is 2. The molecule has 228 valence electrons. The number of aromatic hydroxyl groups is 1. The van der Waals surface area contributed by atoms with Crippen LogP contribution in [0.25, 0.3) is 0 Å². The molecule has 1 aliphatic heterocycles. The van der Waals surface area contributed by atoms with Crippen LogP contribution >= 0.6 is 0 Å². The summed E-state index contributed by atoms with van der Waals surface area (Å²) in [5.74, 6) is 1.24. The summed E-state index contributed by atoms with van der Waals surface area (Å²) in [6, 6.07) is 4.09. The van der Waals surface area contributed by atoms with Crippen molar-refractivity contribution >= 4 is 12.7 Å². The van der Waals surface area contributed by atoms with Crippen LogP contribution in [0, 0.1) is 0 Å². The Labute approximate surface area is 246 Å². The van der Waals surface area contributed by atoms with Gasteiger partial charge in [0.2, 0.25) is 0 Å². The molecule has 5 heteroatoms. The first-order chi connectivity index (χ1) is 19.0. The number of phenols is 1. The highest BCUT2D eigenvalue weighted by Crippen LogP contribution is 2.42. The number of benzene rings is 1. The molecule has 0 radical (unpaired) electrons. The molecule has 0 bridgehead atoms. The molecule has 0 fully saturated rings. The molecular weight excluding hydrogens is 494 g/mol. The molecule has 40 heavy (non-hydrogen) atoms. The van der Waals surface area contributed by atoms with Crippen LogP contribution in [-0.4, -0.2) is 42.0 Å². The van der Waals surface area contributed by atoms with Gasteiger partial charge in [-0.15, -0.1) is 0 Å². The molecule has 1 unspecified atom stereocenters. The van der Waals surface area contributed by atoms with Gasteiger partial charge >= 0.3 is 0 Å². The Morgan fingerprint density at radius 3 is 1.68 bits per heavy atom. The first kappa shape index (κ1) is 34.2. The van der Waals surface area contributed by atoms with E-state index in [1.807, 2.05) is 18.5 Å². The van der Waals surface area contributed by atoms with E-state index in [1.54, 1.807) is 6.34 Å². The van der Waals surface area contributed by atoms with Crippen LogP contribution in [0.5, 0.6) is 11.5 Å². The molecule has 1 heterocycles. The summed E-state index contributed by atoms with van der Waals surface area (Å²) in [6.07, 6.45) is 23.6. The average molecular weight is 556 g/mol. The first-order valence-corrected chi connectivity index (χ1v) is 16.3. The lowest BCUT2D eigenvalue weighted by Gasteiger charge is -2.30. The normalized spacial score (nSPS) is 14.6. The zero-order valence-corrected chi connectivity index (χ0v) is 27.1. The molecule has 1 N–H and O–H groups in total. The van der Waals surface area contributed by atoms with E-state index in [-0.39, 0.29) is 16.9 Å². The first-order valence-electron chi connectivity index (χ1n) is 16.3. The molecule has 0 aromatic heterocycles. The van der Waals surface area contributed by atoms with Crippen LogP contribution in [0.1, 0.15) is 156 Å². The molecule has 1 aliphatic rings. The van der Waals surface area contributed by atoms with Crippen molar-refractivity contribution < 1.29 is 9.84 Å². The molecule has 1 atom stereocenters. The fraction of sp³-hybridized carbons (Fsp3) is 0.771. The third kappa shape index (κ3) is 13.1. The second-order valence-electron chi connectivity index (χ2n) is 14.0. The number of hydrogen-bond acceptors (Lipinski definition) is 5. The molecular formula is C35H61N3O2. The minimum atomic E-state index is -0.179. The second-order valence-corrected chi connectivity index (χ2v) is 14.0. The van der Waals surface area contributed by atoms with Gasteiger partial charge in [0.15, 0.2) is 0 Å². The van der Waals surface area contributed by atoms with Gasteiger partial charge in [-0.05, 0) is 35.8 Å². The summed E-state index contributed by atoms with van der Waals surface area (Å²) < 4.78 is 6.69. The van der Waals surface area contributed by atoms with Gasteiger partial charge in [-0.1, -0.05) is 132 Å². The third-order valence-corrected chi connectivity index (χ3v) is 7.96. The van der Waals surface area contributed by atoms with Gasteiger partial charge in [0, 0.05) is 11.1 Å². The lowest BCUT2D eigenvalue weighted by atomic mass is 9.79. The highest BCUT2D eigenvalue weighted by Gasteiger charge is 2.28. The standard InChI is InChI=1S/C35H61N3O2/c1-8-9-10-11-12-13-14-15-16-17-18-19-20-21-22-29(25-38-27-36-26-37-28-38)40-30-23-31(34(2,3)4)33(39)32(24-30)35(5,6)7/h23-24,26-27,29,39H,8-22,25,28H2,1-7H3. The van der Waals surface area contributed by atoms with E-state index < -0.39 is 0 Å². The van der Waals surface area contributed by atoms with E-state index in [0.29, 0.717) is 12.4 Å². The van der Waals surface area contributed by atoms with Crippen molar-refractivity contribution in [1.82, 2.24) is 4.90 Å². The number of ether oxygens (including phenoxy) is 1. The molecule has 5 nitrogen and oxygen atoms in total. The van der Waals surface area contributed by atoms with E-state index in [0.717, 1.165) is 36.3 Å². The SMILES string of the molecule is CCCCCCCCCCCCCCCCC(CN1C=NC=NC1)Oc1cc(C(C)(C)C)c(O)c(C(C)(C)C)c1. The van der Waals surface area contributed by atoms with Gasteiger partial charge in [-0.2, -0.15) is 0 Å². The monoisotopic (exact) mass is 555 g/mol. The van der Waals surface area contributed by atoms with Gasteiger partial charge in [0.1, 0.15) is 30.6 Å². The van der Waals surface area contributed by atoms with Gasteiger partial charge in [0.25, 0.3) is 0 Å². The lowest BCUT2D eigenvalue weighted by molar-refractivity contribution is 0.155. The van der Waals surface area contributed by atoms with Crippen molar-refractivity contribution in [1.29, 1.82) is 0 Å². The van der Waals surface area contributed by atoms with E-state index in [4.69, 9.17) is 4.74 Å². The number of phenolic OH excluding ortho intramolecular Hbond substituents is 1. The molecule has 0 aliphatic carbocycles. The highest BCUT2D eigenvalue weighted by molar-refractivity contribution is 5.72. The summed E-state index contributed by atoms with van der Waals surface area (Å²) in [4.78, 5) is 10.7. The topological polar surface area (TPSA) is 57.4 Å². The van der Waals surface area contributed by atoms with Crippen molar-refractivity contribution in [3.05, 3.63) is 23.3 Å². The van der Waals surface area contributed by atoms with Crippen LogP contribution in [0.15, 0.2) is 22.1 Å². The number of nitrogens with zero attached hydrogens (tertiary/aromatic N) is 3. The summed E-state index contributed by atoms with van der Waals surface area (Å²) in [7, 11) is 0. The predicted molar refractivity (Wildman–Crippen MR) is 173 cm³/mol. The van der Waals surface area contributed by atoms with Gasteiger partial charge in [-0.3, -0.25) is 4.99 Å². The summed E-state index contributed by atoms with van der Waals surface area (Å²) in [5, 5.41) is 11.1. The number of rotatable bonds is 19. The van der Waals surface area contributed by atoms with E-state index in [1.165, 1.54) is 83.5 Å². The van der Waals surface area contributed by atoms with Gasteiger partial charge in [-0.25, -0.2) is 4.99 Å². The van der Waals surface area contributed by atoms with Crippen molar-refractivity contribution in [2.24, 2.45) is 9.98 Å². The number of unbranched alkanes of at least 4 members (excludes halogenated alkanes) is 13. The Balaban J connectivity index is 1.86. The predicted octanol–water partition coefficient (Wildman–Crippen LogP) is 9.94. The maximum atomic E-state index is 11.1. The Hall–Kier alpha value is -2.04. The van der Waals surface area contributed by atoms with Crippen molar-refractivity contribution in [2.75, 3.05) is 13.2 Å². The van der Waals surface area contributed by atoms with E-state index >= 15 is 0 Å².